The van der Waals surface area contributed by atoms with E-state index in [-0.39, 0.29) is 0 Å². The molecule has 0 fully saturated rings. The van der Waals surface area contributed by atoms with Crippen LogP contribution in [-0.2, 0) is 10.3 Å². The smallest absolute Gasteiger partial charge is 0.143 e. The molecular formula is C26H34O. The molecule has 1 nitrogen and oxygen atoms in total. The third-order valence-corrected chi connectivity index (χ3v) is 4.05. The predicted octanol–water partition coefficient (Wildman–Crippen LogP) is 7.46. The maximum atomic E-state index is 6.15. The number of allylic oxidation sites excluding steroid dienone is 4. The van der Waals surface area contributed by atoms with Crippen molar-refractivity contribution in [1.29, 1.82) is 0 Å². The van der Waals surface area contributed by atoms with Crippen molar-refractivity contribution in [3.05, 3.63) is 108 Å². The van der Waals surface area contributed by atoms with Gasteiger partial charge >= 0.3 is 0 Å². The summed E-state index contributed by atoms with van der Waals surface area (Å²) in [5.74, 6) is 0. The zero-order valence-electron chi connectivity index (χ0n) is 17.5. The first-order valence-corrected chi connectivity index (χ1v) is 9.99. The molecule has 144 valence electrons. The van der Waals surface area contributed by atoms with Crippen LogP contribution in [0.4, 0.5) is 0 Å². The lowest BCUT2D eigenvalue weighted by atomic mass is 9.79. The first-order chi connectivity index (χ1) is 13.3. The minimum atomic E-state index is -0.590. The number of benzene rings is 2. The molecule has 0 N–H and O–H groups in total. The van der Waals surface area contributed by atoms with E-state index < -0.39 is 5.60 Å². The Bertz CT molecular complexity index is 669. The third-order valence-electron chi connectivity index (χ3n) is 4.05. The first kappa shape index (κ1) is 22.7. The molecule has 3 rings (SSSR count). The van der Waals surface area contributed by atoms with Gasteiger partial charge in [-0.2, -0.15) is 0 Å². The van der Waals surface area contributed by atoms with E-state index in [2.05, 4.69) is 92.8 Å². The average Bonchev–Trinajstić information content (AvgIpc) is 3.03. The van der Waals surface area contributed by atoms with Crippen LogP contribution in [0.2, 0.25) is 0 Å². The van der Waals surface area contributed by atoms with E-state index in [4.69, 9.17) is 4.74 Å². The molecule has 2 aromatic rings. The molecule has 0 bridgehead atoms. The van der Waals surface area contributed by atoms with Gasteiger partial charge in [0.25, 0.3) is 0 Å². The standard InChI is InChI=1S/C21H20O.C3H8.C2H6/c1-22-21(19-14-8-4-9-15-19,20-16-10-5-11-17-20)18-12-6-2-3-7-13-18;1-3-2;1-2/h2,4-17H,3H2,1H3;3H2,1-2H3;1-2H3. The van der Waals surface area contributed by atoms with Gasteiger partial charge in [0.1, 0.15) is 5.60 Å². The highest BCUT2D eigenvalue weighted by molar-refractivity contribution is 5.51. The Kier molecular flexibility index (Phi) is 10.8. The van der Waals surface area contributed by atoms with Crippen molar-refractivity contribution in [3.63, 3.8) is 0 Å². The van der Waals surface area contributed by atoms with Crippen LogP contribution in [0.1, 0.15) is 51.7 Å². The van der Waals surface area contributed by atoms with E-state index in [1.54, 1.807) is 7.11 Å². The molecule has 0 amide bonds. The number of methoxy groups -OCH3 is 1. The SMILES string of the molecule is CC.CCC.COC(C1=CC=CCC=C1)(c1ccccc1)c1ccccc1. The van der Waals surface area contributed by atoms with Gasteiger partial charge in [-0.05, 0) is 23.1 Å². The minimum Gasteiger partial charge on any atom is -0.364 e. The van der Waals surface area contributed by atoms with E-state index in [0.29, 0.717) is 0 Å². The molecule has 0 saturated carbocycles. The molecular weight excluding hydrogens is 328 g/mol. The molecule has 0 unspecified atom stereocenters. The van der Waals surface area contributed by atoms with Crippen LogP contribution in [-0.4, -0.2) is 7.11 Å². The fourth-order valence-electron chi connectivity index (χ4n) is 3.01. The van der Waals surface area contributed by atoms with E-state index in [1.165, 1.54) is 6.42 Å². The molecule has 1 heteroatoms. The summed E-state index contributed by atoms with van der Waals surface area (Å²) in [7, 11) is 1.78. The van der Waals surface area contributed by atoms with Gasteiger partial charge in [0, 0.05) is 7.11 Å². The van der Waals surface area contributed by atoms with Crippen molar-refractivity contribution < 1.29 is 4.74 Å². The Balaban J connectivity index is 0.000000665. The van der Waals surface area contributed by atoms with Crippen molar-refractivity contribution in [2.75, 3.05) is 7.11 Å². The van der Waals surface area contributed by atoms with Crippen LogP contribution in [0.25, 0.3) is 0 Å². The molecule has 0 spiro atoms. The summed E-state index contributed by atoms with van der Waals surface area (Å²) >= 11 is 0. The maximum Gasteiger partial charge on any atom is 0.143 e. The van der Waals surface area contributed by atoms with Gasteiger partial charge in [0.2, 0.25) is 0 Å². The molecule has 0 aromatic heterocycles. The summed E-state index contributed by atoms with van der Waals surface area (Å²) in [6, 6.07) is 20.8. The molecule has 0 atom stereocenters. The van der Waals surface area contributed by atoms with Crippen molar-refractivity contribution in [2.45, 2.75) is 46.1 Å². The zero-order valence-corrected chi connectivity index (χ0v) is 17.5. The molecule has 1 aliphatic rings. The highest BCUT2D eigenvalue weighted by Gasteiger charge is 2.37. The van der Waals surface area contributed by atoms with Gasteiger partial charge in [-0.3, -0.25) is 0 Å². The lowest BCUT2D eigenvalue weighted by molar-refractivity contribution is 0.0579. The summed E-state index contributed by atoms with van der Waals surface area (Å²) in [5, 5.41) is 0. The van der Waals surface area contributed by atoms with Gasteiger partial charge in [0.15, 0.2) is 0 Å². The van der Waals surface area contributed by atoms with Gasteiger partial charge in [-0.1, -0.05) is 125 Å². The lowest BCUT2D eigenvalue weighted by Gasteiger charge is -2.35. The Morgan fingerprint density at radius 1 is 0.815 bits per heavy atom. The number of rotatable bonds is 4. The van der Waals surface area contributed by atoms with Crippen LogP contribution in [0.15, 0.2) is 96.6 Å². The normalized spacial score (nSPS) is 12.7. The van der Waals surface area contributed by atoms with Crippen LogP contribution >= 0.6 is 0 Å². The molecule has 0 radical (unpaired) electrons. The summed E-state index contributed by atoms with van der Waals surface area (Å²) in [6.45, 7) is 8.25. The maximum absolute atomic E-state index is 6.15. The Hall–Kier alpha value is -2.38. The quantitative estimate of drug-likeness (QED) is 0.548. The summed E-state index contributed by atoms with van der Waals surface area (Å²) in [6.07, 6.45) is 12.9. The molecule has 2 aromatic carbocycles. The fourth-order valence-corrected chi connectivity index (χ4v) is 3.01. The topological polar surface area (TPSA) is 9.23 Å². The monoisotopic (exact) mass is 362 g/mol. The van der Waals surface area contributed by atoms with Gasteiger partial charge in [-0.25, -0.2) is 0 Å². The van der Waals surface area contributed by atoms with E-state index >= 15 is 0 Å². The van der Waals surface area contributed by atoms with Crippen molar-refractivity contribution in [3.8, 4) is 0 Å². The highest BCUT2D eigenvalue weighted by atomic mass is 16.5. The van der Waals surface area contributed by atoms with Crippen LogP contribution < -0.4 is 0 Å². The van der Waals surface area contributed by atoms with Crippen LogP contribution in [0.5, 0.6) is 0 Å². The van der Waals surface area contributed by atoms with E-state index in [0.717, 1.165) is 23.1 Å². The van der Waals surface area contributed by atoms with Gasteiger partial charge in [-0.15, -0.1) is 0 Å². The third kappa shape index (κ3) is 5.80. The molecule has 1 aliphatic carbocycles. The second-order valence-electron chi connectivity index (χ2n) is 6.01. The molecule has 0 heterocycles. The number of hydrogen-bond acceptors (Lipinski definition) is 1. The first-order valence-electron chi connectivity index (χ1n) is 9.99. The van der Waals surface area contributed by atoms with Crippen molar-refractivity contribution in [1.82, 2.24) is 0 Å². The van der Waals surface area contributed by atoms with Crippen molar-refractivity contribution >= 4 is 0 Å². The summed E-state index contributed by atoms with van der Waals surface area (Å²) < 4.78 is 6.15. The van der Waals surface area contributed by atoms with Crippen LogP contribution in [0.3, 0.4) is 0 Å². The lowest BCUT2D eigenvalue weighted by Crippen LogP contribution is -2.32. The highest BCUT2D eigenvalue weighted by Crippen LogP contribution is 2.41. The van der Waals surface area contributed by atoms with Gasteiger partial charge < -0.3 is 4.74 Å². The number of hydrogen-bond donors (Lipinski definition) is 0. The largest absolute Gasteiger partial charge is 0.364 e. The Labute approximate surface area is 166 Å². The molecule has 0 saturated heterocycles. The van der Waals surface area contributed by atoms with E-state index in [9.17, 15) is 0 Å². The fraction of sp³-hybridized carbons (Fsp3) is 0.308. The molecule has 0 aliphatic heterocycles. The molecule has 27 heavy (non-hydrogen) atoms. The minimum absolute atomic E-state index is 0.590. The van der Waals surface area contributed by atoms with Crippen LogP contribution in [0, 0.1) is 0 Å². The summed E-state index contributed by atoms with van der Waals surface area (Å²) in [4.78, 5) is 0. The zero-order chi connectivity index (χ0) is 20.0. The average molecular weight is 363 g/mol. The second-order valence-corrected chi connectivity index (χ2v) is 6.01. The Morgan fingerprint density at radius 3 is 1.74 bits per heavy atom. The Morgan fingerprint density at radius 2 is 1.30 bits per heavy atom. The summed E-state index contributed by atoms with van der Waals surface area (Å²) in [5.41, 5.74) is 2.82. The van der Waals surface area contributed by atoms with E-state index in [1.807, 2.05) is 26.0 Å². The van der Waals surface area contributed by atoms with Crippen molar-refractivity contribution in [2.24, 2.45) is 0 Å². The number of ether oxygens (including phenoxy) is 1. The van der Waals surface area contributed by atoms with Gasteiger partial charge in [0.05, 0.1) is 0 Å². The second kappa shape index (κ2) is 12.9. The predicted molar refractivity (Wildman–Crippen MR) is 119 cm³/mol.